The molecule has 0 bridgehead atoms. The molecule has 0 saturated heterocycles. The van der Waals surface area contributed by atoms with E-state index < -0.39 is 7.29 Å². The van der Waals surface area contributed by atoms with E-state index in [-0.39, 0.29) is 0 Å². The zero-order valence-corrected chi connectivity index (χ0v) is 16.8. The molecular weight excluding hydrogens is 337 g/mol. The van der Waals surface area contributed by atoms with Crippen molar-refractivity contribution in [2.24, 2.45) is 5.92 Å². The van der Waals surface area contributed by atoms with Crippen LogP contribution in [-0.4, -0.2) is 6.04 Å². The molecule has 0 spiro atoms. The Kier molecular flexibility index (Phi) is 7.11. The van der Waals surface area contributed by atoms with E-state index in [0.717, 1.165) is 35.8 Å². The number of nitrogens with one attached hydrogen (secondary N) is 1. The Bertz CT molecular complexity index is 651. The van der Waals surface area contributed by atoms with E-state index in [0.29, 0.717) is 6.04 Å². The Morgan fingerprint density at radius 3 is 1.96 bits per heavy atom. The Balaban J connectivity index is 1.86. The van der Waals surface area contributed by atoms with Gasteiger partial charge in [0.25, 0.3) is 0 Å². The molecule has 26 heavy (non-hydrogen) atoms. The van der Waals surface area contributed by atoms with Gasteiger partial charge in [-0.25, -0.2) is 0 Å². The third-order valence-electron chi connectivity index (χ3n) is 5.58. The molecule has 2 aromatic carbocycles. The first-order valence-corrected chi connectivity index (χ1v) is 11.9. The number of benzene rings is 2. The van der Waals surface area contributed by atoms with E-state index in [1.54, 1.807) is 0 Å². The minimum atomic E-state index is -2.83. The van der Waals surface area contributed by atoms with Crippen LogP contribution in [0.5, 0.6) is 0 Å². The molecule has 0 aromatic heterocycles. The van der Waals surface area contributed by atoms with Gasteiger partial charge in [-0.1, -0.05) is 81.8 Å². The molecule has 0 unspecified atom stereocenters. The lowest BCUT2D eigenvalue weighted by Crippen LogP contribution is -2.36. The quantitative estimate of drug-likeness (QED) is 0.610. The van der Waals surface area contributed by atoms with Gasteiger partial charge in [0.1, 0.15) is 0 Å². The summed E-state index contributed by atoms with van der Waals surface area (Å²) in [6.45, 7) is 2.23. The number of hydrogen-bond acceptors (Lipinski definition) is 1. The molecule has 3 rings (SSSR count). The van der Waals surface area contributed by atoms with E-state index >= 15 is 0 Å². The standard InChI is InChI=1S/C23H32NOP/c1-2-12-21(19-20-13-6-3-7-14-20)24-26(25,22-15-8-4-9-16-22)23-17-10-5-11-18-23/h4-5,8-11,15-18,20-21H,2-3,6-7,12-14,19H2,1H3,(H,24,25)/t21-/m1/s1. The molecule has 2 aromatic rings. The van der Waals surface area contributed by atoms with Gasteiger partial charge >= 0.3 is 0 Å². The predicted octanol–water partition coefficient (Wildman–Crippen LogP) is 5.64. The summed E-state index contributed by atoms with van der Waals surface area (Å²) in [5.41, 5.74) is 0. The molecule has 1 fully saturated rings. The van der Waals surface area contributed by atoms with Gasteiger partial charge in [0.05, 0.1) is 0 Å². The summed E-state index contributed by atoms with van der Waals surface area (Å²) in [5.74, 6) is 0.785. The van der Waals surface area contributed by atoms with Crippen LogP contribution in [0.4, 0.5) is 0 Å². The van der Waals surface area contributed by atoms with Crippen molar-refractivity contribution in [1.82, 2.24) is 5.09 Å². The van der Waals surface area contributed by atoms with Gasteiger partial charge in [-0.2, -0.15) is 0 Å². The van der Waals surface area contributed by atoms with Gasteiger partial charge in [-0.3, -0.25) is 9.65 Å². The van der Waals surface area contributed by atoms with Crippen LogP contribution in [0.2, 0.25) is 0 Å². The van der Waals surface area contributed by atoms with Gasteiger partial charge in [-0.05, 0) is 43.0 Å². The number of rotatable bonds is 8. The van der Waals surface area contributed by atoms with Crippen LogP contribution in [0.25, 0.3) is 0 Å². The average molecular weight is 369 g/mol. The van der Waals surface area contributed by atoms with Crippen molar-refractivity contribution < 1.29 is 4.57 Å². The number of hydrogen-bond donors (Lipinski definition) is 1. The average Bonchev–Trinajstić information content (AvgIpc) is 2.70. The third kappa shape index (κ3) is 4.87. The predicted molar refractivity (Wildman–Crippen MR) is 113 cm³/mol. The zero-order valence-electron chi connectivity index (χ0n) is 15.9. The lowest BCUT2D eigenvalue weighted by molar-refractivity contribution is 0.304. The molecule has 0 heterocycles. The molecule has 0 radical (unpaired) electrons. The van der Waals surface area contributed by atoms with Gasteiger partial charge in [0, 0.05) is 16.7 Å². The lowest BCUT2D eigenvalue weighted by atomic mass is 9.84. The summed E-state index contributed by atoms with van der Waals surface area (Å²) in [4.78, 5) is 0. The van der Waals surface area contributed by atoms with E-state index in [4.69, 9.17) is 0 Å². The molecule has 1 aliphatic carbocycles. The van der Waals surface area contributed by atoms with Crippen molar-refractivity contribution in [2.75, 3.05) is 0 Å². The maximum Gasteiger partial charge on any atom is 0.204 e. The highest BCUT2D eigenvalue weighted by molar-refractivity contribution is 7.76. The van der Waals surface area contributed by atoms with Crippen LogP contribution in [0.3, 0.4) is 0 Å². The van der Waals surface area contributed by atoms with E-state index in [1.807, 2.05) is 60.7 Å². The summed E-state index contributed by atoms with van der Waals surface area (Å²) in [7, 11) is -2.83. The molecule has 1 N–H and O–H groups in total. The van der Waals surface area contributed by atoms with Crippen LogP contribution in [0.15, 0.2) is 60.7 Å². The first kappa shape index (κ1) is 19.4. The van der Waals surface area contributed by atoms with Crippen molar-refractivity contribution in [2.45, 2.75) is 64.3 Å². The molecule has 140 valence electrons. The molecule has 3 heteroatoms. The van der Waals surface area contributed by atoms with Crippen LogP contribution in [-0.2, 0) is 4.57 Å². The minimum Gasteiger partial charge on any atom is -0.297 e. The Morgan fingerprint density at radius 2 is 1.46 bits per heavy atom. The molecule has 1 aliphatic rings. The Morgan fingerprint density at radius 1 is 0.923 bits per heavy atom. The SMILES string of the molecule is CCC[C@H](CC1CCCCC1)NP(=O)(c1ccccc1)c1ccccc1. The highest BCUT2D eigenvalue weighted by Crippen LogP contribution is 2.41. The normalized spacial score (nSPS) is 17.1. The largest absolute Gasteiger partial charge is 0.297 e. The van der Waals surface area contributed by atoms with Crippen molar-refractivity contribution >= 4 is 17.9 Å². The monoisotopic (exact) mass is 369 g/mol. The van der Waals surface area contributed by atoms with Crippen LogP contribution in [0.1, 0.15) is 58.3 Å². The zero-order chi connectivity index (χ0) is 18.2. The fourth-order valence-corrected chi connectivity index (χ4v) is 6.77. The molecular formula is C23H32NOP. The summed E-state index contributed by atoms with van der Waals surface area (Å²) in [6.07, 6.45) is 10.1. The molecule has 0 amide bonds. The van der Waals surface area contributed by atoms with Gasteiger partial charge in [0.15, 0.2) is 0 Å². The van der Waals surface area contributed by atoms with Crippen molar-refractivity contribution in [3.05, 3.63) is 60.7 Å². The van der Waals surface area contributed by atoms with Crippen molar-refractivity contribution in [3.8, 4) is 0 Å². The Hall–Kier alpha value is -1.37. The fourth-order valence-electron chi connectivity index (χ4n) is 4.24. The topological polar surface area (TPSA) is 29.1 Å². The minimum absolute atomic E-state index is 0.314. The summed E-state index contributed by atoms with van der Waals surface area (Å²) < 4.78 is 14.2. The van der Waals surface area contributed by atoms with Crippen LogP contribution in [0, 0.1) is 5.92 Å². The van der Waals surface area contributed by atoms with Gasteiger partial charge < -0.3 is 0 Å². The second-order valence-corrected chi connectivity index (χ2v) is 10.1. The Labute approximate surface area is 158 Å². The van der Waals surface area contributed by atoms with E-state index in [2.05, 4.69) is 12.0 Å². The molecule has 2 nitrogen and oxygen atoms in total. The maximum atomic E-state index is 14.2. The second kappa shape index (κ2) is 9.53. The van der Waals surface area contributed by atoms with Crippen molar-refractivity contribution in [1.29, 1.82) is 0 Å². The summed E-state index contributed by atoms with van der Waals surface area (Å²) in [6, 6.07) is 20.3. The smallest absolute Gasteiger partial charge is 0.204 e. The molecule has 1 saturated carbocycles. The van der Waals surface area contributed by atoms with Gasteiger partial charge in [0.2, 0.25) is 7.29 Å². The van der Waals surface area contributed by atoms with Crippen molar-refractivity contribution in [3.63, 3.8) is 0 Å². The molecule has 1 atom stereocenters. The second-order valence-electron chi connectivity index (χ2n) is 7.63. The molecule has 0 aliphatic heterocycles. The van der Waals surface area contributed by atoms with Crippen LogP contribution < -0.4 is 15.7 Å². The van der Waals surface area contributed by atoms with Gasteiger partial charge in [-0.15, -0.1) is 0 Å². The van der Waals surface area contributed by atoms with E-state index in [1.165, 1.54) is 32.1 Å². The highest BCUT2D eigenvalue weighted by Gasteiger charge is 2.31. The van der Waals surface area contributed by atoms with E-state index in [9.17, 15) is 4.57 Å². The van der Waals surface area contributed by atoms with Crippen LogP contribution >= 0.6 is 7.29 Å². The first-order valence-electron chi connectivity index (χ1n) is 10.2. The summed E-state index contributed by atoms with van der Waals surface area (Å²) in [5, 5.41) is 5.49. The summed E-state index contributed by atoms with van der Waals surface area (Å²) >= 11 is 0. The highest BCUT2D eigenvalue weighted by atomic mass is 31.2. The maximum absolute atomic E-state index is 14.2. The lowest BCUT2D eigenvalue weighted by Gasteiger charge is -2.31. The first-order chi connectivity index (χ1) is 12.7. The third-order valence-corrected chi connectivity index (χ3v) is 8.36. The fraction of sp³-hybridized carbons (Fsp3) is 0.478.